The predicted molar refractivity (Wildman–Crippen MR) is 102 cm³/mol. The molecule has 0 radical (unpaired) electrons. The van der Waals surface area contributed by atoms with E-state index in [0.29, 0.717) is 19.8 Å². The van der Waals surface area contributed by atoms with Gasteiger partial charge in [0.2, 0.25) is 0 Å². The van der Waals surface area contributed by atoms with Crippen molar-refractivity contribution in [1.82, 2.24) is 25.2 Å². The molecule has 0 bridgehead atoms. The van der Waals surface area contributed by atoms with Crippen LogP contribution in [0.4, 0.5) is 0 Å². The number of carbonyl (C=O) groups excluding carboxylic acids is 1. The topological polar surface area (TPSA) is 85.4 Å². The Morgan fingerprint density at radius 3 is 2.68 bits per heavy atom. The number of ether oxygens (including phenoxy) is 1. The Hall–Kier alpha value is -2.97. The smallest absolute Gasteiger partial charge is 0.273 e. The summed E-state index contributed by atoms with van der Waals surface area (Å²) in [6, 6.07) is 13.4. The van der Waals surface area contributed by atoms with Gasteiger partial charge < -0.3 is 14.5 Å². The van der Waals surface area contributed by atoms with Gasteiger partial charge in [-0.2, -0.15) is 0 Å². The predicted octanol–water partition coefficient (Wildman–Crippen LogP) is 1.97. The van der Waals surface area contributed by atoms with Crippen LogP contribution in [0.15, 0.2) is 53.1 Å². The van der Waals surface area contributed by atoms with E-state index in [-0.39, 0.29) is 17.6 Å². The van der Waals surface area contributed by atoms with Gasteiger partial charge in [0.1, 0.15) is 11.5 Å². The van der Waals surface area contributed by atoms with Crippen molar-refractivity contribution in [3.05, 3.63) is 65.9 Å². The van der Waals surface area contributed by atoms with Crippen LogP contribution in [-0.2, 0) is 4.74 Å². The molecule has 4 rings (SSSR count). The van der Waals surface area contributed by atoms with E-state index in [1.165, 1.54) is 0 Å². The molecule has 1 amide bonds. The highest BCUT2D eigenvalue weighted by molar-refractivity contribution is 5.91. The van der Waals surface area contributed by atoms with Crippen LogP contribution in [0.1, 0.15) is 28.1 Å². The molecule has 146 valence electrons. The van der Waals surface area contributed by atoms with E-state index < -0.39 is 0 Å². The van der Waals surface area contributed by atoms with Gasteiger partial charge in [0, 0.05) is 19.6 Å². The number of carbonyl (C=O) groups is 1. The SMILES string of the molecule is Cc1ccc(C(CNC(=O)c2cn(-c3ccccc3)nn2)N2CCOCC2)o1. The summed E-state index contributed by atoms with van der Waals surface area (Å²) < 4.78 is 12.9. The maximum Gasteiger partial charge on any atom is 0.273 e. The highest BCUT2D eigenvalue weighted by atomic mass is 16.5. The average molecular weight is 381 g/mol. The van der Waals surface area contributed by atoms with Gasteiger partial charge in [0.15, 0.2) is 5.69 Å². The summed E-state index contributed by atoms with van der Waals surface area (Å²) in [5, 5.41) is 11.0. The second kappa shape index (κ2) is 8.37. The number of aryl methyl sites for hydroxylation is 1. The molecule has 1 saturated heterocycles. The van der Waals surface area contributed by atoms with E-state index in [0.717, 1.165) is 30.3 Å². The van der Waals surface area contributed by atoms with Crippen LogP contribution >= 0.6 is 0 Å². The number of nitrogens with zero attached hydrogens (tertiary/aromatic N) is 4. The monoisotopic (exact) mass is 381 g/mol. The Morgan fingerprint density at radius 2 is 1.96 bits per heavy atom. The Morgan fingerprint density at radius 1 is 1.18 bits per heavy atom. The fraction of sp³-hybridized carbons (Fsp3) is 0.350. The van der Waals surface area contributed by atoms with Gasteiger partial charge >= 0.3 is 0 Å². The first-order valence-electron chi connectivity index (χ1n) is 9.35. The number of aromatic nitrogens is 3. The normalized spacial score (nSPS) is 16.0. The lowest BCUT2D eigenvalue weighted by Crippen LogP contribution is -2.43. The largest absolute Gasteiger partial charge is 0.465 e. The van der Waals surface area contributed by atoms with Crippen LogP contribution in [0.3, 0.4) is 0 Å². The summed E-state index contributed by atoms with van der Waals surface area (Å²) in [6.07, 6.45) is 1.63. The zero-order valence-electron chi connectivity index (χ0n) is 15.7. The van der Waals surface area contributed by atoms with Crippen LogP contribution in [-0.4, -0.2) is 58.6 Å². The second-order valence-electron chi connectivity index (χ2n) is 6.71. The Bertz CT molecular complexity index is 915. The minimum Gasteiger partial charge on any atom is -0.465 e. The minimum atomic E-state index is -0.260. The quantitative estimate of drug-likeness (QED) is 0.703. The molecule has 1 aliphatic heterocycles. The van der Waals surface area contributed by atoms with E-state index in [9.17, 15) is 4.79 Å². The summed E-state index contributed by atoms with van der Waals surface area (Å²) in [5.41, 5.74) is 1.13. The molecule has 3 aromatic rings. The van der Waals surface area contributed by atoms with Crippen molar-refractivity contribution >= 4 is 5.91 Å². The molecule has 0 spiro atoms. The lowest BCUT2D eigenvalue weighted by Gasteiger charge is -2.33. The summed E-state index contributed by atoms with van der Waals surface area (Å²) in [5.74, 6) is 1.43. The maximum atomic E-state index is 12.6. The van der Waals surface area contributed by atoms with Crippen molar-refractivity contribution in [2.24, 2.45) is 0 Å². The molecular weight excluding hydrogens is 358 g/mol. The number of para-hydroxylation sites is 1. The van der Waals surface area contributed by atoms with Crippen LogP contribution in [0.5, 0.6) is 0 Å². The van der Waals surface area contributed by atoms with Gasteiger partial charge in [0.25, 0.3) is 5.91 Å². The number of amides is 1. The summed E-state index contributed by atoms with van der Waals surface area (Å²) in [7, 11) is 0. The van der Waals surface area contributed by atoms with E-state index in [1.54, 1.807) is 10.9 Å². The minimum absolute atomic E-state index is 0.0503. The first-order chi connectivity index (χ1) is 13.7. The third-order valence-corrected chi connectivity index (χ3v) is 4.78. The molecular formula is C20H23N5O3. The first-order valence-corrected chi connectivity index (χ1v) is 9.35. The number of rotatable bonds is 6. The Kier molecular flexibility index (Phi) is 5.50. The molecule has 1 atom stereocenters. The van der Waals surface area contributed by atoms with Crippen molar-refractivity contribution in [2.75, 3.05) is 32.8 Å². The fourth-order valence-electron chi connectivity index (χ4n) is 3.29. The Balaban J connectivity index is 1.45. The van der Waals surface area contributed by atoms with Crippen LogP contribution < -0.4 is 5.32 Å². The van der Waals surface area contributed by atoms with Crippen LogP contribution in [0.2, 0.25) is 0 Å². The third-order valence-electron chi connectivity index (χ3n) is 4.78. The molecule has 8 heteroatoms. The second-order valence-corrected chi connectivity index (χ2v) is 6.71. The van der Waals surface area contributed by atoms with Crippen molar-refractivity contribution < 1.29 is 13.9 Å². The number of hydrogen-bond donors (Lipinski definition) is 1. The van der Waals surface area contributed by atoms with Gasteiger partial charge in [-0.1, -0.05) is 23.4 Å². The molecule has 8 nitrogen and oxygen atoms in total. The highest BCUT2D eigenvalue weighted by Gasteiger charge is 2.26. The first kappa shape index (κ1) is 18.4. The molecule has 1 aliphatic rings. The third kappa shape index (κ3) is 4.13. The average Bonchev–Trinajstić information content (AvgIpc) is 3.39. The number of morpholine rings is 1. The van der Waals surface area contributed by atoms with Crippen molar-refractivity contribution in [1.29, 1.82) is 0 Å². The van der Waals surface area contributed by atoms with E-state index in [2.05, 4.69) is 20.5 Å². The van der Waals surface area contributed by atoms with Crippen LogP contribution in [0, 0.1) is 6.92 Å². The summed E-state index contributed by atoms with van der Waals surface area (Å²) >= 11 is 0. The molecule has 3 heterocycles. The molecule has 1 unspecified atom stereocenters. The number of furan rings is 1. The Labute approximate surface area is 163 Å². The van der Waals surface area contributed by atoms with Gasteiger partial charge in [-0.3, -0.25) is 9.69 Å². The van der Waals surface area contributed by atoms with Crippen LogP contribution in [0.25, 0.3) is 5.69 Å². The van der Waals surface area contributed by atoms with Gasteiger partial charge in [-0.05, 0) is 31.2 Å². The van der Waals surface area contributed by atoms with Crippen molar-refractivity contribution in [3.63, 3.8) is 0 Å². The zero-order chi connectivity index (χ0) is 19.3. The molecule has 0 aliphatic carbocycles. The zero-order valence-corrected chi connectivity index (χ0v) is 15.7. The van der Waals surface area contributed by atoms with Crippen molar-refractivity contribution in [2.45, 2.75) is 13.0 Å². The number of nitrogens with one attached hydrogen (secondary N) is 1. The molecule has 1 aromatic carbocycles. The van der Waals surface area contributed by atoms with E-state index in [4.69, 9.17) is 9.15 Å². The van der Waals surface area contributed by atoms with E-state index >= 15 is 0 Å². The fourth-order valence-corrected chi connectivity index (χ4v) is 3.29. The maximum absolute atomic E-state index is 12.6. The van der Waals surface area contributed by atoms with Crippen molar-refractivity contribution in [3.8, 4) is 5.69 Å². The summed E-state index contributed by atoms with van der Waals surface area (Å²) in [6.45, 7) is 5.28. The molecule has 1 fully saturated rings. The molecule has 2 aromatic heterocycles. The summed E-state index contributed by atoms with van der Waals surface area (Å²) in [4.78, 5) is 14.9. The highest BCUT2D eigenvalue weighted by Crippen LogP contribution is 2.23. The molecule has 28 heavy (non-hydrogen) atoms. The standard InChI is InChI=1S/C20H23N5O3/c1-15-7-8-19(28-15)18(24-9-11-27-12-10-24)13-21-20(26)17-14-25(23-22-17)16-5-3-2-4-6-16/h2-8,14,18H,9-13H2,1H3,(H,21,26). The molecule has 0 saturated carbocycles. The number of benzene rings is 1. The van der Waals surface area contributed by atoms with Gasteiger partial charge in [-0.15, -0.1) is 5.10 Å². The lowest BCUT2D eigenvalue weighted by atomic mass is 10.1. The number of hydrogen-bond acceptors (Lipinski definition) is 6. The lowest BCUT2D eigenvalue weighted by molar-refractivity contribution is 0.0117. The van der Waals surface area contributed by atoms with Gasteiger partial charge in [-0.25, -0.2) is 4.68 Å². The molecule has 1 N–H and O–H groups in total. The van der Waals surface area contributed by atoms with Gasteiger partial charge in [0.05, 0.1) is 31.1 Å². The van der Waals surface area contributed by atoms with E-state index in [1.807, 2.05) is 49.4 Å².